The number of hydrogen-bond acceptors (Lipinski definition) is 7. The van der Waals surface area contributed by atoms with E-state index < -0.39 is 0 Å². The molecule has 28 heavy (non-hydrogen) atoms. The number of nitrogen functional groups attached to an aromatic ring is 1. The van der Waals surface area contributed by atoms with Gasteiger partial charge in [-0.05, 0) is 49.4 Å². The number of nitrogens with two attached hydrogens (primary N) is 1. The second-order valence-corrected chi connectivity index (χ2v) is 8.53. The number of thioether (sulfide) groups is 1. The number of fused-ring (bicyclic) bond motifs is 1. The second-order valence-electron chi connectivity index (χ2n) is 6.55. The molecule has 0 amide bonds. The lowest BCUT2D eigenvalue weighted by molar-refractivity contribution is 0.449. The van der Waals surface area contributed by atoms with E-state index in [2.05, 4.69) is 24.9 Å². The Balaban J connectivity index is 1.88. The van der Waals surface area contributed by atoms with Crippen LogP contribution in [0.2, 0.25) is 0 Å². The van der Waals surface area contributed by atoms with E-state index in [9.17, 15) is 0 Å². The van der Waals surface area contributed by atoms with E-state index in [1.54, 1.807) is 29.3 Å². The molecule has 1 aromatic carbocycles. The summed E-state index contributed by atoms with van der Waals surface area (Å²) in [6.45, 7) is 4.89. The predicted molar refractivity (Wildman–Crippen MR) is 121 cm³/mol. The molecule has 1 aliphatic heterocycles. The molecule has 5 nitrogen and oxygen atoms in total. The number of aliphatic imine (C=N–C) groups is 1. The lowest BCUT2D eigenvalue weighted by Crippen LogP contribution is -2.24. The minimum atomic E-state index is 0.610. The lowest BCUT2D eigenvalue weighted by Gasteiger charge is -2.19. The Labute approximate surface area is 173 Å². The molecule has 3 heterocycles. The van der Waals surface area contributed by atoms with Crippen molar-refractivity contribution in [3.05, 3.63) is 75.9 Å². The zero-order chi connectivity index (χ0) is 19.7. The zero-order valence-corrected chi connectivity index (χ0v) is 17.6. The van der Waals surface area contributed by atoms with Crippen molar-refractivity contribution in [2.24, 2.45) is 10.1 Å². The van der Waals surface area contributed by atoms with Gasteiger partial charge in [-0.1, -0.05) is 30.0 Å². The molecule has 2 aromatic heterocycles. The minimum Gasteiger partial charge on any atom is -0.399 e. The van der Waals surface area contributed by atoms with Gasteiger partial charge in [-0.25, -0.2) is 10.0 Å². The van der Waals surface area contributed by atoms with Gasteiger partial charge in [0.25, 0.3) is 0 Å². The van der Waals surface area contributed by atoms with E-state index in [-0.39, 0.29) is 0 Å². The van der Waals surface area contributed by atoms with Gasteiger partial charge in [0, 0.05) is 34.1 Å². The van der Waals surface area contributed by atoms with Crippen molar-refractivity contribution >= 4 is 44.7 Å². The summed E-state index contributed by atoms with van der Waals surface area (Å²) in [5.74, 6) is 0. The summed E-state index contributed by atoms with van der Waals surface area (Å²) in [5.41, 5.74) is 12.0. The van der Waals surface area contributed by atoms with Crippen molar-refractivity contribution in [1.29, 1.82) is 0 Å². The normalized spacial score (nSPS) is 13.6. The Hall–Kier alpha value is -2.64. The van der Waals surface area contributed by atoms with Crippen LogP contribution in [0.3, 0.4) is 0 Å². The number of amidine groups is 1. The van der Waals surface area contributed by atoms with Gasteiger partial charge in [0.1, 0.15) is 10.7 Å². The number of aryl methyl sites for hydroxylation is 1. The first-order valence-electron chi connectivity index (χ1n) is 8.91. The SMILES string of the molecule is CSC1=Nc2sc(C)c(C)c2C(c2ccc(N)cc2)=NN1Cc1cccnc1. The molecule has 0 aliphatic carbocycles. The van der Waals surface area contributed by atoms with Gasteiger partial charge >= 0.3 is 0 Å². The van der Waals surface area contributed by atoms with E-state index in [1.807, 2.05) is 47.8 Å². The first kappa shape index (κ1) is 18.7. The van der Waals surface area contributed by atoms with Gasteiger partial charge in [-0.2, -0.15) is 5.10 Å². The number of aromatic nitrogens is 1. The minimum absolute atomic E-state index is 0.610. The molecular formula is C21H21N5S2. The highest BCUT2D eigenvalue weighted by Gasteiger charge is 2.25. The van der Waals surface area contributed by atoms with E-state index >= 15 is 0 Å². The van der Waals surface area contributed by atoms with Crippen molar-refractivity contribution < 1.29 is 0 Å². The van der Waals surface area contributed by atoms with Crippen molar-refractivity contribution in [3.8, 4) is 0 Å². The first-order chi connectivity index (χ1) is 13.6. The Morgan fingerprint density at radius 3 is 2.61 bits per heavy atom. The molecule has 0 fully saturated rings. The van der Waals surface area contributed by atoms with Crippen molar-refractivity contribution in [1.82, 2.24) is 9.99 Å². The summed E-state index contributed by atoms with van der Waals surface area (Å²) in [6, 6.07) is 11.9. The summed E-state index contributed by atoms with van der Waals surface area (Å²) in [4.78, 5) is 10.5. The molecule has 7 heteroatoms. The highest BCUT2D eigenvalue weighted by Crippen LogP contribution is 2.39. The van der Waals surface area contributed by atoms with Crippen molar-refractivity contribution in [3.63, 3.8) is 0 Å². The maximum absolute atomic E-state index is 5.91. The second kappa shape index (κ2) is 7.77. The molecule has 0 bridgehead atoms. The van der Waals surface area contributed by atoms with Crippen LogP contribution >= 0.6 is 23.1 Å². The molecule has 0 saturated heterocycles. The van der Waals surface area contributed by atoms with Crippen LogP contribution in [0.1, 0.15) is 27.1 Å². The molecule has 0 radical (unpaired) electrons. The van der Waals surface area contributed by atoms with Crippen LogP contribution in [0, 0.1) is 13.8 Å². The molecule has 142 valence electrons. The van der Waals surface area contributed by atoms with Crippen LogP contribution in [-0.4, -0.2) is 27.1 Å². The molecule has 0 saturated carbocycles. The van der Waals surface area contributed by atoms with Crippen LogP contribution in [-0.2, 0) is 6.54 Å². The number of hydrogen-bond donors (Lipinski definition) is 1. The number of hydrazone groups is 1. The molecule has 0 unspecified atom stereocenters. The fourth-order valence-corrected chi connectivity index (χ4v) is 4.67. The number of nitrogens with zero attached hydrogens (tertiary/aromatic N) is 4. The van der Waals surface area contributed by atoms with Crippen LogP contribution < -0.4 is 5.73 Å². The number of pyridine rings is 1. The van der Waals surface area contributed by atoms with Gasteiger partial charge in [-0.3, -0.25) is 4.98 Å². The third-order valence-corrected chi connectivity index (χ3v) is 6.43. The molecule has 1 aliphatic rings. The zero-order valence-electron chi connectivity index (χ0n) is 16.0. The summed E-state index contributed by atoms with van der Waals surface area (Å²) in [7, 11) is 0. The average Bonchev–Trinajstić information content (AvgIpc) is 2.89. The van der Waals surface area contributed by atoms with Gasteiger partial charge in [-0.15, -0.1) is 11.3 Å². The summed E-state index contributed by atoms with van der Waals surface area (Å²) < 4.78 is 0. The van der Waals surface area contributed by atoms with Crippen LogP contribution in [0.15, 0.2) is 58.9 Å². The van der Waals surface area contributed by atoms with Gasteiger partial charge in [0.2, 0.25) is 0 Å². The first-order valence-corrected chi connectivity index (χ1v) is 10.9. The summed E-state index contributed by atoms with van der Waals surface area (Å²) >= 11 is 3.31. The quantitative estimate of drug-likeness (QED) is 0.623. The topological polar surface area (TPSA) is 66.9 Å². The van der Waals surface area contributed by atoms with Crippen LogP contribution in [0.5, 0.6) is 0 Å². The highest BCUT2D eigenvalue weighted by molar-refractivity contribution is 8.13. The third kappa shape index (κ3) is 3.55. The molecule has 4 rings (SSSR count). The number of benzene rings is 1. The molecule has 2 N–H and O–H groups in total. The molecular weight excluding hydrogens is 386 g/mol. The molecule has 0 spiro atoms. The fraction of sp³-hybridized carbons (Fsp3) is 0.190. The maximum atomic E-state index is 5.91. The van der Waals surface area contributed by atoms with Crippen LogP contribution in [0.4, 0.5) is 10.7 Å². The van der Waals surface area contributed by atoms with E-state index in [1.165, 1.54) is 10.4 Å². The smallest absolute Gasteiger partial charge is 0.185 e. The largest absolute Gasteiger partial charge is 0.399 e. The third-order valence-electron chi connectivity index (χ3n) is 4.66. The van der Waals surface area contributed by atoms with Gasteiger partial charge in [0.15, 0.2) is 5.17 Å². The highest BCUT2D eigenvalue weighted by atomic mass is 32.2. The monoisotopic (exact) mass is 407 g/mol. The number of rotatable bonds is 3. The predicted octanol–water partition coefficient (Wildman–Crippen LogP) is 4.96. The number of anilines is 1. The van der Waals surface area contributed by atoms with Crippen molar-refractivity contribution in [2.75, 3.05) is 12.0 Å². The average molecular weight is 408 g/mol. The summed E-state index contributed by atoms with van der Waals surface area (Å²) in [5, 5.41) is 8.92. The standard InChI is InChI=1S/C21H21N5S2/c1-13-14(2)28-20-18(13)19(16-6-8-17(22)9-7-16)25-26(21(24-20)27-3)12-15-5-4-10-23-11-15/h4-11H,12,22H2,1-3H3. The van der Waals surface area contributed by atoms with E-state index in [4.69, 9.17) is 15.8 Å². The van der Waals surface area contributed by atoms with Crippen molar-refractivity contribution in [2.45, 2.75) is 20.4 Å². The van der Waals surface area contributed by atoms with Gasteiger partial charge in [0.05, 0.1) is 6.54 Å². The van der Waals surface area contributed by atoms with Gasteiger partial charge < -0.3 is 5.73 Å². The van der Waals surface area contributed by atoms with E-state index in [0.717, 1.165) is 38.3 Å². The lowest BCUT2D eigenvalue weighted by atomic mass is 10.00. The van der Waals surface area contributed by atoms with E-state index in [0.29, 0.717) is 6.54 Å². The van der Waals surface area contributed by atoms with Crippen LogP contribution in [0.25, 0.3) is 0 Å². The Kier molecular flexibility index (Phi) is 5.19. The maximum Gasteiger partial charge on any atom is 0.185 e. The molecule has 0 atom stereocenters. The molecule has 3 aromatic rings. The number of thiophene rings is 1. The fourth-order valence-electron chi connectivity index (χ4n) is 3.09. The Morgan fingerprint density at radius 1 is 1.14 bits per heavy atom. The Bertz CT molecular complexity index is 1050. The Morgan fingerprint density at radius 2 is 1.93 bits per heavy atom. The summed E-state index contributed by atoms with van der Waals surface area (Å²) in [6.07, 6.45) is 5.68.